The summed E-state index contributed by atoms with van der Waals surface area (Å²) in [6.45, 7) is 11.3. The van der Waals surface area contributed by atoms with Gasteiger partial charge >= 0.3 is 0 Å². The van der Waals surface area contributed by atoms with E-state index in [0.717, 1.165) is 23.7 Å². The van der Waals surface area contributed by atoms with E-state index in [4.69, 9.17) is 0 Å². The highest BCUT2D eigenvalue weighted by atomic mass is 32.2. The number of nitrogens with one attached hydrogen (secondary N) is 1. The average Bonchev–Trinajstić information content (AvgIpc) is 2.76. The first-order chi connectivity index (χ1) is 11.2. The van der Waals surface area contributed by atoms with E-state index in [2.05, 4.69) is 57.0 Å². The molecule has 1 atom stereocenters. The molecule has 1 saturated heterocycles. The molecule has 0 aromatic heterocycles. The Hall–Kier alpha value is -1.75. The third-order valence-corrected chi connectivity index (χ3v) is 5.57. The fraction of sp³-hybridized carbons (Fsp3) is 0.474. The summed E-state index contributed by atoms with van der Waals surface area (Å²) in [7, 11) is 0. The second-order valence-electron chi connectivity index (χ2n) is 7.55. The Morgan fingerprint density at radius 2 is 2.04 bits per heavy atom. The van der Waals surface area contributed by atoms with Crippen LogP contribution in [0.5, 0.6) is 0 Å². The number of rotatable bonds is 2. The lowest BCUT2D eigenvalue weighted by molar-refractivity contribution is -0.115. The SMILES string of the molecule is CC(C)N1c2ccc(/C=C3/SC(=O)NC3=O)cc2[C@@H](C)CC1(C)C. The molecule has 1 fully saturated rings. The van der Waals surface area contributed by atoms with Gasteiger partial charge in [0.25, 0.3) is 11.1 Å². The maximum atomic E-state index is 11.7. The number of anilines is 1. The lowest BCUT2D eigenvalue weighted by atomic mass is 9.79. The van der Waals surface area contributed by atoms with E-state index in [-0.39, 0.29) is 16.7 Å². The minimum absolute atomic E-state index is 0.119. The Morgan fingerprint density at radius 1 is 1.33 bits per heavy atom. The monoisotopic (exact) mass is 344 g/mol. The summed E-state index contributed by atoms with van der Waals surface area (Å²) in [5, 5.41) is 2.00. The van der Waals surface area contributed by atoms with Crippen molar-refractivity contribution in [3.63, 3.8) is 0 Å². The van der Waals surface area contributed by atoms with Crippen LogP contribution >= 0.6 is 11.8 Å². The van der Waals surface area contributed by atoms with Gasteiger partial charge in [-0.3, -0.25) is 14.9 Å². The Kier molecular flexibility index (Phi) is 4.24. The van der Waals surface area contributed by atoms with Crippen LogP contribution in [-0.4, -0.2) is 22.7 Å². The van der Waals surface area contributed by atoms with Crippen molar-refractivity contribution in [2.24, 2.45) is 0 Å². The van der Waals surface area contributed by atoms with Crippen molar-refractivity contribution in [2.75, 3.05) is 4.90 Å². The summed E-state index contributed by atoms with van der Waals surface area (Å²) >= 11 is 0.963. The molecule has 0 saturated carbocycles. The molecular formula is C19H24N2O2S. The third kappa shape index (κ3) is 2.97. The zero-order valence-corrected chi connectivity index (χ0v) is 15.7. The van der Waals surface area contributed by atoms with Crippen LogP contribution in [0.1, 0.15) is 58.1 Å². The van der Waals surface area contributed by atoms with Gasteiger partial charge in [0.05, 0.1) is 4.91 Å². The van der Waals surface area contributed by atoms with Gasteiger partial charge in [0.1, 0.15) is 0 Å². The molecule has 1 N–H and O–H groups in total. The molecule has 128 valence electrons. The van der Waals surface area contributed by atoms with Crippen LogP contribution in [-0.2, 0) is 4.79 Å². The second kappa shape index (κ2) is 5.96. The molecule has 1 aromatic carbocycles. The Labute approximate surface area is 147 Å². The van der Waals surface area contributed by atoms with Crippen molar-refractivity contribution in [3.05, 3.63) is 34.2 Å². The zero-order valence-electron chi connectivity index (χ0n) is 14.8. The molecule has 1 aromatic rings. The largest absolute Gasteiger partial charge is 0.364 e. The van der Waals surface area contributed by atoms with Crippen LogP contribution < -0.4 is 10.2 Å². The number of amides is 2. The van der Waals surface area contributed by atoms with Crippen LogP contribution in [0.25, 0.3) is 6.08 Å². The van der Waals surface area contributed by atoms with Crippen molar-refractivity contribution < 1.29 is 9.59 Å². The molecule has 2 heterocycles. The molecule has 0 aliphatic carbocycles. The highest BCUT2D eigenvalue weighted by Crippen LogP contribution is 2.45. The summed E-state index contributed by atoms with van der Waals surface area (Å²) in [5.41, 5.74) is 3.67. The standard InChI is InChI=1S/C19H24N2O2S/c1-11(2)21-15-7-6-13(9-16-17(22)20-18(23)24-16)8-14(15)12(3)10-19(21,4)5/h6-9,11-12H,10H2,1-5H3,(H,20,22,23)/b16-9+/t12-/m0/s1. The van der Waals surface area contributed by atoms with E-state index < -0.39 is 0 Å². The van der Waals surface area contributed by atoms with Crippen molar-refractivity contribution in [1.82, 2.24) is 5.32 Å². The summed E-state index contributed by atoms with van der Waals surface area (Å²) in [5.74, 6) is 0.149. The van der Waals surface area contributed by atoms with Crippen LogP contribution in [0.15, 0.2) is 23.1 Å². The van der Waals surface area contributed by atoms with Crippen molar-refractivity contribution in [1.29, 1.82) is 0 Å². The molecular weight excluding hydrogens is 320 g/mol. The fourth-order valence-electron chi connectivity index (χ4n) is 4.11. The lowest BCUT2D eigenvalue weighted by Crippen LogP contribution is -2.51. The number of imide groups is 1. The number of carbonyl (C=O) groups is 2. The Bertz CT molecular complexity index is 737. The molecule has 0 spiro atoms. The highest BCUT2D eigenvalue weighted by Gasteiger charge is 2.37. The van der Waals surface area contributed by atoms with E-state index >= 15 is 0 Å². The first kappa shape index (κ1) is 17.1. The van der Waals surface area contributed by atoms with Crippen LogP contribution in [0.4, 0.5) is 10.5 Å². The molecule has 4 nitrogen and oxygen atoms in total. The minimum atomic E-state index is -0.305. The van der Waals surface area contributed by atoms with Gasteiger partial charge in [0.2, 0.25) is 0 Å². The number of nitrogens with zero attached hydrogens (tertiary/aromatic N) is 1. The van der Waals surface area contributed by atoms with E-state index in [1.165, 1.54) is 11.3 Å². The number of carbonyl (C=O) groups excluding carboxylic acids is 2. The van der Waals surface area contributed by atoms with Gasteiger partial charge in [0, 0.05) is 17.3 Å². The third-order valence-electron chi connectivity index (χ3n) is 4.76. The quantitative estimate of drug-likeness (QED) is 0.802. The molecule has 0 radical (unpaired) electrons. The topological polar surface area (TPSA) is 49.4 Å². The van der Waals surface area contributed by atoms with Gasteiger partial charge in [0.15, 0.2) is 0 Å². The highest BCUT2D eigenvalue weighted by molar-refractivity contribution is 8.18. The van der Waals surface area contributed by atoms with Gasteiger partial charge in [-0.2, -0.15) is 0 Å². The smallest absolute Gasteiger partial charge is 0.290 e. The number of benzene rings is 1. The van der Waals surface area contributed by atoms with E-state index in [1.54, 1.807) is 6.08 Å². The molecule has 2 aliphatic heterocycles. The van der Waals surface area contributed by atoms with Gasteiger partial charge in [-0.05, 0) is 81.1 Å². The molecule has 24 heavy (non-hydrogen) atoms. The van der Waals surface area contributed by atoms with Crippen LogP contribution in [0.3, 0.4) is 0 Å². The Morgan fingerprint density at radius 3 is 2.62 bits per heavy atom. The van der Waals surface area contributed by atoms with Gasteiger partial charge in [-0.1, -0.05) is 13.0 Å². The zero-order chi connectivity index (χ0) is 17.6. The first-order valence-corrected chi connectivity index (χ1v) is 9.19. The van der Waals surface area contributed by atoms with Crippen molar-refractivity contribution >= 4 is 34.7 Å². The van der Waals surface area contributed by atoms with Crippen molar-refractivity contribution in [2.45, 2.75) is 58.5 Å². The molecule has 0 bridgehead atoms. The van der Waals surface area contributed by atoms with E-state index in [1.807, 2.05) is 6.07 Å². The lowest BCUT2D eigenvalue weighted by Gasteiger charge is -2.50. The Balaban J connectivity index is 2.02. The van der Waals surface area contributed by atoms with E-state index in [9.17, 15) is 9.59 Å². The number of hydrogen-bond donors (Lipinski definition) is 1. The van der Waals surface area contributed by atoms with Crippen LogP contribution in [0, 0.1) is 0 Å². The first-order valence-electron chi connectivity index (χ1n) is 8.37. The minimum Gasteiger partial charge on any atom is -0.364 e. The molecule has 5 heteroatoms. The fourth-order valence-corrected chi connectivity index (χ4v) is 4.79. The van der Waals surface area contributed by atoms with Crippen molar-refractivity contribution in [3.8, 4) is 0 Å². The summed E-state index contributed by atoms with van der Waals surface area (Å²) < 4.78 is 0. The normalized spacial score (nSPS) is 24.5. The number of thioether (sulfide) groups is 1. The second-order valence-corrected chi connectivity index (χ2v) is 8.57. The summed E-state index contributed by atoms with van der Waals surface area (Å²) in [6.07, 6.45) is 2.89. The van der Waals surface area contributed by atoms with Gasteiger partial charge in [-0.15, -0.1) is 0 Å². The summed E-state index contributed by atoms with van der Waals surface area (Å²) in [6, 6.07) is 6.77. The van der Waals surface area contributed by atoms with Gasteiger partial charge < -0.3 is 4.90 Å². The van der Waals surface area contributed by atoms with Crippen LogP contribution in [0.2, 0.25) is 0 Å². The molecule has 2 aliphatic rings. The number of fused-ring (bicyclic) bond motifs is 1. The maximum Gasteiger partial charge on any atom is 0.290 e. The predicted octanol–water partition coefficient (Wildman–Crippen LogP) is 4.51. The van der Waals surface area contributed by atoms with Gasteiger partial charge in [-0.25, -0.2) is 0 Å². The number of hydrogen-bond acceptors (Lipinski definition) is 4. The van der Waals surface area contributed by atoms with E-state index in [0.29, 0.717) is 16.9 Å². The molecule has 3 rings (SSSR count). The molecule has 0 unspecified atom stereocenters. The molecule has 2 amide bonds. The predicted molar refractivity (Wildman–Crippen MR) is 100 cm³/mol. The maximum absolute atomic E-state index is 11.7. The summed E-state index contributed by atoms with van der Waals surface area (Å²) in [4.78, 5) is 26.0. The average molecular weight is 344 g/mol.